The summed E-state index contributed by atoms with van der Waals surface area (Å²) in [7, 11) is 0. The Morgan fingerprint density at radius 1 is 1.18 bits per heavy atom. The number of aromatic nitrogens is 3. The Bertz CT molecular complexity index is 1220. The first-order chi connectivity index (χ1) is 15.8. The van der Waals surface area contributed by atoms with E-state index in [1.54, 1.807) is 11.0 Å². The Morgan fingerprint density at radius 3 is 2.61 bits per heavy atom. The van der Waals surface area contributed by atoms with Crippen molar-refractivity contribution in [2.75, 3.05) is 13.1 Å². The van der Waals surface area contributed by atoms with Gasteiger partial charge in [0.05, 0.1) is 16.9 Å². The molecule has 3 aliphatic rings. The second-order valence-corrected chi connectivity index (χ2v) is 10.2. The van der Waals surface area contributed by atoms with Gasteiger partial charge in [-0.1, -0.05) is 13.8 Å². The van der Waals surface area contributed by atoms with E-state index in [0.29, 0.717) is 19.6 Å². The van der Waals surface area contributed by atoms with Crippen molar-refractivity contribution < 1.29 is 9.59 Å². The number of likely N-dealkylation sites (tertiary alicyclic amines) is 1. The van der Waals surface area contributed by atoms with Crippen molar-refractivity contribution in [3.8, 4) is 0 Å². The number of H-pyrrole nitrogens is 1. The number of hydrogen-bond donors (Lipinski definition) is 2. The quantitative estimate of drug-likeness (QED) is 0.691. The number of carbonyl (C=O) groups is 2. The molecule has 1 unspecified atom stereocenters. The molecule has 1 atom stereocenters. The van der Waals surface area contributed by atoms with Crippen LogP contribution >= 0.6 is 0 Å². The predicted octanol–water partition coefficient (Wildman–Crippen LogP) is 1.75. The number of amides is 2. The summed E-state index contributed by atoms with van der Waals surface area (Å²) >= 11 is 0. The van der Waals surface area contributed by atoms with Gasteiger partial charge in [-0.2, -0.15) is 0 Å². The molecule has 2 saturated carbocycles. The van der Waals surface area contributed by atoms with E-state index < -0.39 is 11.2 Å². The zero-order valence-corrected chi connectivity index (χ0v) is 19.2. The average molecular weight is 454 g/mol. The molecule has 2 aromatic rings. The fraction of sp³-hybridized carbons (Fsp3) is 0.625. The maximum Gasteiger partial charge on any atom is 0.330 e. The van der Waals surface area contributed by atoms with E-state index >= 15 is 0 Å². The van der Waals surface area contributed by atoms with Crippen molar-refractivity contribution >= 4 is 22.8 Å². The van der Waals surface area contributed by atoms with Crippen LogP contribution in [0.5, 0.6) is 0 Å². The van der Waals surface area contributed by atoms with Gasteiger partial charge in [-0.3, -0.25) is 23.9 Å². The van der Waals surface area contributed by atoms with E-state index in [4.69, 9.17) is 4.98 Å². The summed E-state index contributed by atoms with van der Waals surface area (Å²) in [5.74, 6) is -0.0847. The highest BCUT2D eigenvalue weighted by Crippen LogP contribution is 2.40. The SMILES string of the molecule is CC(C)Cn1c(=O)[nH]c(=O)c2c(C(=O)N3CCCC(C(=O)NC4CC4)C3)cc(C3CC3)nc21. The lowest BCUT2D eigenvalue weighted by molar-refractivity contribution is -0.126. The summed E-state index contributed by atoms with van der Waals surface area (Å²) in [4.78, 5) is 60.6. The second kappa shape index (κ2) is 8.43. The van der Waals surface area contributed by atoms with Crippen molar-refractivity contribution in [3.05, 3.63) is 38.2 Å². The highest BCUT2D eigenvalue weighted by atomic mass is 16.2. The Balaban J connectivity index is 1.55. The third-order valence-electron chi connectivity index (χ3n) is 6.75. The van der Waals surface area contributed by atoms with Crippen molar-refractivity contribution in [2.24, 2.45) is 11.8 Å². The predicted molar refractivity (Wildman–Crippen MR) is 123 cm³/mol. The number of fused-ring (bicyclic) bond motifs is 1. The first-order valence-electron chi connectivity index (χ1n) is 12.1. The number of nitrogens with zero attached hydrogens (tertiary/aromatic N) is 3. The molecule has 2 aromatic heterocycles. The zero-order valence-electron chi connectivity index (χ0n) is 19.2. The maximum atomic E-state index is 13.7. The normalized spacial score (nSPS) is 20.9. The third kappa shape index (κ3) is 4.45. The number of aromatic amines is 1. The number of hydrogen-bond acceptors (Lipinski definition) is 5. The molecular formula is C24H31N5O4. The molecular weight excluding hydrogens is 422 g/mol. The number of rotatable bonds is 6. The van der Waals surface area contributed by atoms with Gasteiger partial charge >= 0.3 is 5.69 Å². The van der Waals surface area contributed by atoms with Gasteiger partial charge in [-0.05, 0) is 50.5 Å². The van der Waals surface area contributed by atoms with Gasteiger partial charge in [0.1, 0.15) is 0 Å². The van der Waals surface area contributed by atoms with Crippen molar-refractivity contribution in [1.29, 1.82) is 0 Å². The van der Waals surface area contributed by atoms with E-state index in [2.05, 4.69) is 10.3 Å². The summed E-state index contributed by atoms with van der Waals surface area (Å²) in [5.41, 5.74) is 0.227. The highest BCUT2D eigenvalue weighted by molar-refractivity contribution is 6.05. The van der Waals surface area contributed by atoms with Crippen molar-refractivity contribution in [1.82, 2.24) is 24.8 Å². The van der Waals surface area contributed by atoms with Crippen LogP contribution in [0.15, 0.2) is 15.7 Å². The van der Waals surface area contributed by atoms with Gasteiger partial charge < -0.3 is 10.2 Å². The van der Waals surface area contributed by atoms with Gasteiger partial charge in [0.25, 0.3) is 11.5 Å². The van der Waals surface area contributed by atoms with Crippen LogP contribution in [0.4, 0.5) is 0 Å². The van der Waals surface area contributed by atoms with E-state index in [0.717, 1.165) is 44.2 Å². The average Bonchev–Trinajstić information content (AvgIpc) is 3.69. The molecule has 1 saturated heterocycles. The van der Waals surface area contributed by atoms with Gasteiger partial charge in [-0.15, -0.1) is 0 Å². The molecule has 0 radical (unpaired) electrons. The molecule has 0 aromatic carbocycles. The van der Waals surface area contributed by atoms with Crippen LogP contribution in [-0.2, 0) is 11.3 Å². The van der Waals surface area contributed by atoms with Crippen LogP contribution in [0.2, 0.25) is 0 Å². The molecule has 3 heterocycles. The van der Waals surface area contributed by atoms with Gasteiger partial charge in [0, 0.05) is 37.3 Å². The monoisotopic (exact) mass is 453 g/mol. The van der Waals surface area contributed by atoms with Crippen LogP contribution in [-0.4, -0.2) is 50.4 Å². The van der Waals surface area contributed by atoms with Crippen molar-refractivity contribution in [3.63, 3.8) is 0 Å². The Labute approximate surface area is 191 Å². The lowest BCUT2D eigenvalue weighted by Gasteiger charge is -2.32. The first kappa shape index (κ1) is 21.9. The molecule has 9 heteroatoms. The Kier molecular flexibility index (Phi) is 5.58. The molecule has 2 amide bonds. The molecule has 0 bridgehead atoms. The molecule has 2 N–H and O–H groups in total. The summed E-state index contributed by atoms with van der Waals surface area (Å²) < 4.78 is 1.48. The molecule has 0 spiro atoms. The summed E-state index contributed by atoms with van der Waals surface area (Å²) in [6.07, 6.45) is 5.50. The van der Waals surface area contributed by atoms with E-state index in [1.165, 1.54) is 4.57 Å². The zero-order chi connectivity index (χ0) is 23.3. The Morgan fingerprint density at radius 2 is 1.94 bits per heavy atom. The van der Waals surface area contributed by atoms with Crippen LogP contribution < -0.4 is 16.6 Å². The first-order valence-corrected chi connectivity index (χ1v) is 12.1. The molecule has 176 valence electrons. The molecule has 2 aliphatic carbocycles. The summed E-state index contributed by atoms with van der Waals surface area (Å²) in [6.45, 7) is 5.25. The number of pyridine rings is 1. The van der Waals surface area contributed by atoms with Crippen LogP contribution in [0.25, 0.3) is 11.0 Å². The largest absolute Gasteiger partial charge is 0.353 e. The molecule has 1 aliphatic heterocycles. The minimum absolute atomic E-state index is 0.0110. The fourth-order valence-corrected chi connectivity index (χ4v) is 4.68. The van der Waals surface area contributed by atoms with E-state index in [9.17, 15) is 19.2 Å². The lowest BCUT2D eigenvalue weighted by atomic mass is 9.96. The fourth-order valence-electron chi connectivity index (χ4n) is 4.68. The molecule has 9 nitrogen and oxygen atoms in total. The van der Waals surface area contributed by atoms with Gasteiger partial charge in [0.15, 0.2) is 5.65 Å². The third-order valence-corrected chi connectivity index (χ3v) is 6.75. The topological polar surface area (TPSA) is 117 Å². The smallest absolute Gasteiger partial charge is 0.330 e. The Hall–Kier alpha value is -2.97. The lowest BCUT2D eigenvalue weighted by Crippen LogP contribution is -2.46. The second-order valence-electron chi connectivity index (χ2n) is 10.2. The number of nitrogens with one attached hydrogen (secondary N) is 2. The molecule has 3 fully saturated rings. The highest BCUT2D eigenvalue weighted by Gasteiger charge is 2.34. The summed E-state index contributed by atoms with van der Waals surface area (Å²) in [5, 5.41) is 3.21. The van der Waals surface area contributed by atoms with Gasteiger partial charge in [-0.25, -0.2) is 9.78 Å². The van der Waals surface area contributed by atoms with Gasteiger partial charge in [0.2, 0.25) is 5.91 Å². The van der Waals surface area contributed by atoms with Crippen LogP contribution in [0.1, 0.15) is 74.3 Å². The van der Waals surface area contributed by atoms with Crippen LogP contribution in [0, 0.1) is 11.8 Å². The molecule has 33 heavy (non-hydrogen) atoms. The number of carbonyl (C=O) groups excluding carboxylic acids is 2. The van der Waals surface area contributed by atoms with E-state index in [-0.39, 0.29) is 52.2 Å². The van der Waals surface area contributed by atoms with Crippen LogP contribution in [0.3, 0.4) is 0 Å². The standard InChI is InChI=1S/C24H31N5O4/c1-13(2)11-29-20-19(22(31)27-24(29)33)17(10-18(26-20)14-5-6-14)23(32)28-9-3-4-15(12-28)21(30)25-16-7-8-16/h10,13-16H,3-9,11-12H2,1-2H3,(H,25,30)(H,27,31,33). The minimum atomic E-state index is -0.590. The number of piperidine rings is 1. The van der Waals surface area contributed by atoms with Crippen molar-refractivity contribution in [2.45, 2.75) is 70.9 Å². The summed E-state index contributed by atoms with van der Waals surface area (Å²) in [6, 6.07) is 2.01. The maximum absolute atomic E-state index is 13.7. The molecule has 5 rings (SSSR count). The minimum Gasteiger partial charge on any atom is -0.353 e. The van der Waals surface area contributed by atoms with E-state index in [1.807, 2.05) is 13.8 Å².